The summed E-state index contributed by atoms with van der Waals surface area (Å²) in [4.78, 5) is 8.48. The summed E-state index contributed by atoms with van der Waals surface area (Å²) in [6.45, 7) is 5.02. The molecule has 0 atom stereocenters. The van der Waals surface area contributed by atoms with E-state index in [-0.39, 0.29) is 0 Å². The fraction of sp³-hybridized carbons (Fsp3) is 0.368. The van der Waals surface area contributed by atoms with Crippen LogP contribution in [0.3, 0.4) is 0 Å². The molecule has 140 valence electrons. The monoisotopic (exact) mass is 358 g/mol. The third kappa shape index (κ3) is 7.29. The van der Waals surface area contributed by atoms with Gasteiger partial charge in [0.1, 0.15) is 30.5 Å². The van der Waals surface area contributed by atoms with Gasteiger partial charge in [0.2, 0.25) is 0 Å². The van der Waals surface area contributed by atoms with Crippen LogP contribution in [0.4, 0.5) is 0 Å². The molecule has 0 unspecified atom stereocenters. The maximum absolute atomic E-state index is 5.69. The van der Waals surface area contributed by atoms with E-state index in [0.29, 0.717) is 26.3 Å². The van der Waals surface area contributed by atoms with Gasteiger partial charge in [0.25, 0.3) is 0 Å². The molecule has 0 saturated carbocycles. The molecule has 0 spiro atoms. The predicted molar refractivity (Wildman–Crippen MR) is 102 cm³/mol. The van der Waals surface area contributed by atoms with Crippen molar-refractivity contribution < 1.29 is 14.2 Å². The molecule has 7 nitrogen and oxygen atoms in total. The molecule has 2 N–H and O–H groups in total. The van der Waals surface area contributed by atoms with E-state index in [1.54, 1.807) is 19.5 Å². The first-order valence-electron chi connectivity index (χ1n) is 8.63. The molecule has 2 aromatic rings. The van der Waals surface area contributed by atoms with E-state index in [2.05, 4.69) is 20.6 Å². The number of rotatable bonds is 10. The Morgan fingerprint density at radius 2 is 1.77 bits per heavy atom. The van der Waals surface area contributed by atoms with Crippen LogP contribution in [0.1, 0.15) is 6.92 Å². The van der Waals surface area contributed by atoms with Crippen LogP contribution in [0.15, 0.2) is 53.8 Å². The summed E-state index contributed by atoms with van der Waals surface area (Å²) in [5, 5.41) is 6.43. The highest BCUT2D eigenvalue weighted by molar-refractivity contribution is 5.79. The summed E-state index contributed by atoms with van der Waals surface area (Å²) < 4.78 is 16.4. The molecule has 2 rings (SSSR count). The van der Waals surface area contributed by atoms with Crippen molar-refractivity contribution in [3.63, 3.8) is 0 Å². The topological polar surface area (TPSA) is 77.0 Å². The number of benzene rings is 1. The molecule has 0 radical (unpaired) electrons. The minimum Gasteiger partial charge on any atom is -0.497 e. The summed E-state index contributed by atoms with van der Waals surface area (Å²) in [5.74, 6) is 3.10. The Hall–Kier alpha value is -2.96. The van der Waals surface area contributed by atoms with Gasteiger partial charge < -0.3 is 24.8 Å². The van der Waals surface area contributed by atoms with Crippen LogP contribution in [-0.2, 0) is 0 Å². The third-order valence-corrected chi connectivity index (χ3v) is 3.33. The molecule has 0 saturated heterocycles. The molecule has 7 heteroatoms. The quantitative estimate of drug-likeness (QED) is 0.385. The second-order valence-corrected chi connectivity index (χ2v) is 5.25. The lowest BCUT2D eigenvalue weighted by atomic mass is 10.3. The fourth-order valence-electron chi connectivity index (χ4n) is 2.11. The number of nitrogens with one attached hydrogen (secondary N) is 2. The highest BCUT2D eigenvalue weighted by atomic mass is 16.5. The Morgan fingerprint density at radius 1 is 1.00 bits per heavy atom. The predicted octanol–water partition coefficient (Wildman–Crippen LogP) is 2.10. The lowest BCUT2D eigenvalue weighted by Crippen LogP contribution is -2.39. The summed E-state index contributed by atoms with van der Waals surface area (Å²) in [7, 11) is 1.64. The van der Waals surface area contributed by atoms with Gasteiger partial charge in [-0.15, -0.1) is 0 Å². The SMILES string of the molecule is CCNC(=NCCOc1cccnc1)NCCOc1ccc(OC)cc1. The summed E-state index contributed by atoms with van der Waals surface area (Å²) >= 11 is 0. The van der Waals surface area contributed by atoms with Crippen LogP contribution < -0.4 is 24.8 Å². The van der Waals surface area contributed by atoms with Crippen LogP contribution in [0.25, 0.3) is 0 Å². The number of methoxy groups -OCH3 is 1. The lowest BCUT2D eigenvalue weighted by Gasteiger charge is -2.12. The van der Waals surface area contributed by atoms with E-state index in [0.717, 1.165) is 29.8 Å². The Balaban J connectivity index is 1.67. The molecule has 1 aromatic heterocycles. The number of nitrogens with zero attached hydrogens (tertiary/aromatic N) is 2. The first kappa shape index (κ1) is 19.4. The van der Waals surface area contributed by atoms with Gasteiger partial charge in [-0.2, -0.15) is 0 Å². The van der Waals surface area contributed by atoms with E-state index < -0.39 is 0 Å². The largest absolute Gasteiger partial charge is 0.497 e. The highest BCUT2D eigenvalue weighted by Gasteiger charge is 1.99. The second-order valence-electron chi connectivity index (χ2n) is 5.25. The second kappa shape index (κ2) is 11.6. The van der Waals surface area contributed by atoms with Crippen molar-refractivity contribution in [3.05, 3.63) is 48.8 Å². The average Bonchev–Trinajstić information content (AvgIpc) is 2.69. The summed E-state index contributed by atoms with van der Waals surface area (Å²) in [6, 6.07) is 11.2. The van der Waals surface area contributed by atoms with Gasteiger partial charge in [-0.3, -0.25) is 4.98 Å². The summed E-state index contributed by atoms with van der Waals surface area (Å²) in [5.41, 5.74) is 0. The van der Waals surface area contributed by atoms with Gasteiger partial charge in [-0.1, -0.05) is 0 Å². The zero-order chi connectivity index (χ0) is 18.5. The van der Waals surface area contributed by atoms with E-state index in [4.69, 9.17) is 14.2 Å². The molecule has 0 fully saturated rings. The van der Waals surface area contributed by atoms with Crippen LogP contribution in [0, 0.1) is 0 Å². The minimum absolute atomic E-state index is 0.491. The Kier molecular flexibility index (Phi) is 8.62. The van der Waals surface area contributed by atoms with Crippen molar-refractivity contribution in [2.45, 2.75) is 6.92 Å². The average molecular weight is 358 g/mol. The molecular weight excluding hydrogens is 332 g/mol. The van der Waals surface area contributed by atoms with Crippen molar-refractivity contribution >= 4 is 5.96 Å². The highest BCUT2D eigenvalue weighted by Crippen LogP contribution is 2.16. The molecule has 26 heavy (non-hydrogen) atoms. The maximum atomic E-state index is 5.69. The molecule has 1 heterocycles. The van der Waals surface area contributed by atoms with Gasteiger partial charge >= 0.3 is 0 Å². The van der Waals surface area contributed by atoms with Gasteiger partial charge in [0, 0.05) is 12.7 Å². The standard InChI is InChI=1S/C19H26N4O3/c1-3-21-19(23-12-14-26-18-5-4-10-20-15-18)22-11-13-25-17-8-6-16(24-2)7-9-17/h4-10,15H,3,11-14H2,1-2H3,(H2,21,22,23). The fourth-order valence-corrected chi connectivity index (χ4v) is 2.11. The van der Waals surface area contributed by atoms with E-state index in [1.807, 2.05) is 43.3 Å². The normalized spacial score (nSPS) is 10.9. The smallest absolute Gasteiger partial charge is 0.191 e. The van der Waals surface area contributed by atoms with Crippen molar-refractivity contribution in [2.75, 3.05) is 40.0 Å². The molecular formula is C19H26N4O3. The Bertz CT molecular complexity index is 648. The molecule has 0 aliphatic rings. The van der Waals surface area contributed by atoms with Gasteiger partial charge in [0.05, 0.1) is 26.4 Å². The van der Waals surface area contributed by atoms with Crippen LogP contribution >= 0.6 is 0 Å². The van der Waals surface area contributed by atoms with Gasteiger partial charge in [-0.05, 0) is 43.3 Å². The van der Waals surface area contributed by atoms with Crippen molar-refractivity contribution in [3.8, 4) is 17.2 Å². The zero-order valence-electron chi connectivity index (χ0n) is 15.3. The number of pyridine rings is 1. The van der Waals surface area contributed by atoms with Crippen LogP contribution in [0.5, 0.6) is 17.2 Å². The lowest BCUT2D eigenvalue weighted by molar-refractivity contribution is 0.320. The van der Waals surface area contributed by atoms with Crippen molar-refractivity contribution in [1.82, 2.24) is 15.6 Å². The zero-order valence-corrected chi connectivity index (χ0v) is 15.3. The van der Waals surface area contributed by atoms with Gasteiger partial charge in [0.15, 0.2) is 5.96 Å². The maximum Gasteiger partial charge on any atom is 0.191 e. The third-order valence-electron chi connectivity index (χ3n) is 3.33. The van der Waals surface area contributed by atoms with E-state index in [9.17, 15) is 0 Å². The number of hydrogen-bond acceptors (Lipinski definition) is 5. The first-order chi connectivity index (χ1) is 12.8. The van der Waals surface area contributed by atoms with Crippen molar-refractivity contribution in [2.24, 2.45) is 4.99 Å². The van der Waals surface area contributed by atoms with Gasteiger partial charge in [-0.25, -0.2) is 4.99 Å². The van der Waals surface area contributed by atoms with Crippen molar-refractivity contribution in [1.29, 1.82) is 0 Å². The number of hydrogen-bond donors (Lipinski definition) is 2. The first-order valence-corrected chi connectivity index (χ1v) is 8.63. The molecule has 0 aliphatic heterocycles. The van der Waals surface area contributed by atoms with Crippen LogP contribution in [0.2, 0.25) is 0 Å². The molecule has 0 aliphatic carbocycles. The Labute approximate surface area is 154 Å². The Morgan fingerprint density at radius 3 is 2.46 bits per heavy atom. The molecule has 0 bridgehead atoms. The van der Waals surface area contributed by atoms with E-state index in [1.165, 1.54) is 0 Å². The summed E-state index contributed by atoms with van der Waals surface area (Å²) in [6.07, 6.45) is 3.40. The minimum atomic E-state index is 0.491. The number of aliphatic imine (C=N–C) groups is 1. The van der Waals surface area contributed by atoms with E-state index >= 15 is 0 Å². The number of guanidine groups is 1. The number of ether oxygens (including phenoxy) is 3. The molecule has 0 amide bonds. The number of aromatic nitrogens is 1. The molecule has 1 aromatic carbocycles. The van der Waals surface area contributed by atoms with Crippen LogP contribution in [-0.4, -0.2) is 50.9 Å².